The lowest BCUT2D eigenvalue weighted by molar-refractivity contribution is -0.641. The third-order valence-corrected chi connectivity index (χ3v) is 5.39. The number of fused-ring (bicyclic) bond motifs is 7. The summed E-state index contributed by atoms with van der Waals surface area (Å²) >= 11 is 1.85. The molecule has 20 heavy (non-hydrogen) atoms. The van der Waals surface area contributed by atoms with Gasteiger partial charge in [0.1, 0.15) is 0 Å². The largest absolute Gasteiger partial charge is 0.330 e. The van der Waals surface area contributed by atoms with E-state index >= 15 is 0 Å². The third kappa shape index (κ3) is 1.10. The van der Waals surface area contributed by atoms with Crippen LogP contribution in [0.3, 0.4) is 0 Å². The summed E-state index contributed by atoms with van der Waals surface area (Å²) in [4.78, 5) is 9.85. The SMILES string of the molecule is Cn1c2ccncc2c2c1sc1[n+]2Cc2cnccc2-1. The number of aromatic nitrogens is 4. The van der Waals surface area contributed by atoms with Crippen LogP contribution in [0.1, 0.15) is 5.56 Å². The smallest absolute Gasteiger partial charge is 0.272 e. The van der Waals surface area contributed by atoms with Crippen LogP contribution in [0.4, 0.5) is 0 Å². The first-order valence-corrected chi connectivity index (χ1v) is 7.34. The minimum absolute atomic E-state index is 0.909. The number of aryl methyl sites for hydroxylation is 1. The van der Waals surface area contributed by atoms with E-state index in [1.807, 2.05) is 36.1 Å². The molecular weight excluding hydrogens is 268 g/mol. The van der Waals surface area contributed by atoms with E-state index in [1.54, 1.807) is 0 Å². The van der Waals surface area contributed by atoms with Gasteiger partial charge in [-0.05, 0) is 23.5 Å². The van der Waals surface area contributed by atoms with Crippen molar-refractivity contribution < 1.29 is 4.57 Å². The average molecular weight is 279 g/mol. The fraction of sp³-hybridized carbons (Fsp3) is 0.133. The first kappa shape index (κ1) is 10.5. The zero-order valence-electron chi connectivity index (χ0n) is 10.9. The molecular formula is C15H11N4S+. The molecule has 0 saturated carbocycles. The van der Waals surface area contributed by atoms with E-state index in [4.69, 9.17) is 0 Å². The molecule has 1 aliphatic heterocycles. The summed E-state index contributed by atoms with van der Waals surface area (Å²) in [5, 5.41) is 2.56. The van der Waals surface area contributed by atoms with Gasteiger partial charge in [0.2, 0.25) is 0 Å². The van der Waals surface area contributed by atoms with Crippen LogP contribution >= 0.6 is 11.3 Å². The topological polar surface area (TPSA) is 34.6 Å². The number of hydrogen-bond acceptors (Lipinski definition) is 3. The van der Waals surface area contributed by atoms with Crippen LogP contribution in [-0.4, -0.2) is 14.5 Å². The van der Waals surface area contributed by atoms with Crippen molar-refractivity contribution >= 4 is 32.6 Å². The van der Waals surface area contributed by atoms with Crippen LogP contribution in [0.25, 0.3) is 31.8 Å². The Morgan fingerprint density at radius 2 is 2.05 bits per heavy atom. The van der Waals surface area contributed by atoms with E-state index in [9.17, 15) is 0 Å². The molecule has 5 heterocycles. The minimum Gasteiger partial charge on any atom is -0.330 e. The fourth-order valence-corrected chi connectivity index (χ4v) is 4.47. The molecule has 0 aliphatic carbocycles. The molecule has 5 heteroatoms. The molecule has 4 nitrogen and oxygen atoms in total. The first-order chi connectivity index (χ1) is 9.84. The van der Waals surface area contributed by atoms with Crippen molar-refractivity contribution in [1.82, 2.24) is 14.5 Å². The molecule has 0 bridgehead atoms. The Morgan fingerprint density at radius 1 is 1.20 bits per heavy atom. The van der Waals surface area contributed by atoms with Crippen molar-refractivity contribution in [3.8, 4) is 10.6 Å². The number of nitrogens with zero attached hydrogens (tertiary/aromatic N) is 4. The van der Waals surface area contributed by atoms with Gasteiger partial charge in [0, 0.05) is 37.4 Å². The Balaban J connectivity index is 1.97. The summed E-state index contributed by atoms with van der Waals surface area (Å²) in [5.41, 5.74) is 5.16. The van der Waals surface area contributed by atoms with Gasteiger partial charge in [-0.3, -0.25) is 9.97 Å². The monoisotopic (exact) mass is 279 g/mol. The van der Waals surface area contributed by atoms with Gasteiger partial charge in [0.25, 0.3) is 10.5 Å². The zero-order valence-corrected chi connectivity index (χ0v) is 11.7. The molecule has 0 amide bonds. The fourth-order valence-electron chi connectivity index (χ4n) is 3.15. The van der Waals surface area contributed by atoms with Crippen LogP contribution in [-0.2, 0) is 13.6 Å². The lowest BCUT2D eigenvalue weighted by atomic mass is 10.2. The predicted octanol–water partition coefficient (Wildman–Crippen LogP) is 2.50. The summed E-state index contributed by atoms with van der Waals surface area (Å²) in [6.07, 6.45) is 7.68. The van der Waals surface area contributed by atoms with E-state index in [-0.39, 0.29) is 0 Å². The van der Waals surface area contributed by atoms with Crippen LogP contribution in [0.5, 0.6) is 0 Å². The standard InChI is InChI=1S/C15H11N4S/c1-18-12-3-5-17-7-11(12)13-15(18)20-14-10-2-4-16-6-9(10)8-19(13)14/h2-7H,8H2,1H3/q+1. The molecule has 0 aromatic carbocycles. The van der Waals surface area contributed by atoms with Gasteiger partial charge in [0.15, 0.2) is 11.4 Å². The van der Waals surface area contributed by atoms with Crippen molar-refractivity contribution in [3.63, 3.8) is 0 Å². The molecule has 0 spiro atoms. The van der Waals surface area contributed by atoms with Gasteiger partial charge in [-0.1, -0.05) is 0 Å². The first-order valence-electron chi connectivity index (χ1n) is 6.52. The van der Waals surface area contributed by atoms with E-state index < -0.39 is 0 Å². The summed E-state index contributed by atoms with van der Waals surface area (Å²) in [6.45, 7) is 0.909. The van der Waals surface area contributed by atoms with Crippen molar-refractivity contribution in [2.75, 3.05) is 0 Å². The summed E-state index contributed by atoms with van der Waals surface area (Å²) < 4.78 is 4.67. The molecule has 4 aromatic rings. The van der Waals surface area contributed by atoms with Gasteiger partial charge < -0.3 is 4.57 Å². The quantitative estimate of drug-likeness (QED) is 0.408. The summed E-state index contributed by atoms with van der Waals surface area (Å²) in [5.74, 6) is 0. The highest BCUT2D eigenvalue weighted by molar-refractivity contribution is 7.21. The number of thiazole rings is 1. The minimum atomic E-state index is 0.909. The second-order valence-corrected chi connectivity index (χ2v) is 6.11. The van der Waals surface area contributed by atoms with E-state index in [0.717, 1.165) is 6.54 Å². The van der Waals surface area contributed by atoms with Gasteiger partial charge >= 0.3 is 0 Å². The number of pyridine rings is 2. The Kier molecular flexibility index (Phi) is 1.80. The lowest BCUT2D eigenvalue weighted by Gasteiger charge is -1.93. The van der Waals surface area contributed by atoms with Gasteiger partial charge in [-0.15, -0.1) is 0 Å². The average Bonchev–Trinajstić information content (AvgIpc) is 3.09. The maximum Gasteiger partial charge on any atom is 0.272 e. The Hall–Kier alpha value is -2.27. The van der Waals surface area contributed by atoms with E-state index in [1.165, 1.54) is 37.4 Å². The molecule has 0 radical (unpaired) electrons. The summed E-state index contributed by atoms with van der Waals surface area (Å²) in [7, 11) is 2.13. The van der Waals surface area contributed by atoms with Crippen LogP contribution in [0.15, 0.2) is 36.9 Å². The highest BCUT2D eigenvalue weighted by Crippen LogP contribution is 2.38. The molecule has 4 aromatic heterocycles. The van der Waals surface area contributed by atoms with Crippen molar-refractivity contribution in [3.05, 3.63) is 42.5 Å². The molecule has 5 rings (SSSR count). The molecule has 96 valence electrons. The Bertz CT molecular complexity index is 996. The highest BCUT2D eigenvalue weighted by Gasteiger charge is 2.34. The molecule has 0 atom stereocenters. The molecule has 0 unspecified atom stereocenters. The second kappa shape index (κ2) is 3.43. The Morgan fingerprint density at radius 3 is 3.00 bits per heavy atom. The Labute approximate surface area is 119 Å². The summed E-state index contributed by atoms with van der Waals surface area (Å²) in [6, 6.07) is 4.20. The maximum absolute atomic E-state index is 4.30. The van der Waals surface area contributed by atoms with Gasteiger partial charge in [-0.2, -0.15) is 4.57 Å². The van der Waals surface area contributed by atoms with E-state index in [0.29, 0.717) is 0 Å². The third-order valence-electron chi connectivity index (χ3n) is 4.09. The molecule has 0 fully saturated rings. The number of hydrogen-bond donors (Lipinski definition) is 0. The number of rotatable bonds is 0. The van der Waals surface area contributed by atoms with E-state index in [2.05, 4.69) is 38.3 Å². The van der Waals surface area contributed by atoms with Crippen molar-refractivity contribution in [2.24, 2.45) is 7.05 Å². The second-order valence-electron chi connectivity index (χ2n) is 5.13. The molecule has 0 saturated heterocycles. The van der Waals surface area contributed by atoms with Crippen LogP contribution in [0, 0.1) is 0 Å². The van der Waals surface area contributed by atoms with Crippen LogP contribution < -0.4 is 4.57 Å². The van der Waals surface area contributed by atoms with Gasteiger partial charge in [-0.25, -0.2) is 0 Å². The van der Waals surface area contributed by atoms with Crippen LogP contribution in [0.2, 0.25) is 0 Å². The highest BCUT2D eigenvalue weighted by atomic mass is 32.1. The maximum atomic E-state index is 4.30. The van der Waals surface area contributed by atoms with Crippen molar-refractivity contribution in [1.29, 1.82) is 0 Å². The zero-order chi connectivity index (χ0) is 13.3. The predicted molar refractivity (Wildman–Crippen MR) is 78.6 cm³/mol. The lowest BCUT2D eigenvalue weighted by Crippen LogP contribution is -2.30. The normalized spacial score (nSPS) is 13.1. The van der Waals surface area contributed by atoms with Gasteiger partial charge in [0.05, 0.1) is 16.5 Å². The molecule has 1 aliphatic rings. The van der Waals surface area contributed by atoms with Crippen molar-refractivity contribution in [2.45, 2.75) is 6.54 Å². The molecule has 0 N–H and O–H groups in total.